The van der Waals surface area contributed by atoms with E-state index in [0.717, 1.165) is 40.2 Å². The highest BCUT2D eigenvalue weighted by Crippen LogP contribution is 2.25. The first kappa shape index (κ1) is 19.5. The molecule has 0 heterocycles. The molecule has 2 N–H and O–H groups in total. The van der Waals surface area contributed by atoms with Crippen molar-refractivity contribution in [3.63, 3.8) is 0 Å². The zero-order chi connectivity index (χ0) is 17.4. The van der Waals surface area contributed by atoms with Crippen LogP contribution in [0.1, 0.15) is 12.0 Å². The number of benzene rings is 2. The molecule has 0 spiro atoms. The molecular weight excluding hydrogens is 431 g/mol. The molecule has 0 atom stereocenters. The van der Waals surface area contributed by atoms with E-state index in [-0.39, 0.29) is 5.82 Å². The SMILES string of the molecule is Fc1ccc(CSCCCNC(=S)Nc2ccc(Br)c(Cl)c2)cc1. The number of hydrogen-bond acceptors (Lipinski definition) is 2. The second-order valence-corrected chi connectivity index (χ2v) is 7.82. The van der Waals surface area contributed by atoms with Crippen molar-refractivity contribution < 1.29 is 4.39 Å². The van der Waals surface area contributed by atoms with E-state index >= 15 is 0 Å². The Morgan fingerprint density at radius 3 is 2.67 bits per heavy atom. The quantitative estimate of drug-likeness (QED) is 0.410. The first-order valence-corrected chi connectivity index (χ1v) is 10.1. The van der Waals surface area contributed by atoms with Gasteiger partial charge in [0.25, 0.3) is 0 Å². The number of nitrogens with one attached hydrogen (secondary N) is 2. The van der Waals surface area contributed by atoms with E-state index in [2.05, 4.69) is 26.6 Å². The third-order valence-corrected chi connectivity index (χ3v) is 5.70. The summed E-state index contributed by atoms with van der Waals surface area (Å²) in [4.78, 5) is 0. The fourth-order valence-corrected chi connectivity index (χ4v) is 3.46. The van der Waals surface area contributed by atoms with Gasteiger partial charge >= 0.3 is 0 Å². The van der Waals surface area contributed by atoms with Crippen LogP contribution in [0.25, 0.3) is 0 Å². The van der Waals surface area contributed by atoms with Gasteiger partial charge in [0.05, 0.1) is 5.02 Å². The second-order valence-electron chi connectivity index (χ2n) is 5.04. The van der Waals surface area contributed by atoms with Gasteiger partial charge in [-0.2, -0.15) is 11.8 Å². The van der Waals surface area contributed by atoms with Crippen molar-refractivity contribution in [1.29, 1.82) is 0 Å². The Morgan fingerprint density at radius 1 is 1.21 bits per heavy atom. The van der Waals surface area contributed by atoms with Gasteiger partial charge in [0.15, 0.2) is 5.11 Å². The summed E-state index contributed by atoms with van der Waals surface area (Å²) in [5.41, 5.74) is 1.99. The van der Waals surface area contributed by atoms with Gasteiger partial charge in [-0.05, 0) is 76.2 Å². The van der Waals surface area contributed by atoms with Crippen molar-refractivity contribution in [2.75, 3.05) is 17.6 Å². The van der Waals surface area contributed by atoms with Crippen molar-refractivity contribution in [2.24, 2.45) is 0 Å². The van der Waals surface area contributed by atoms with Gasteiger partial charge in [0.1, 0.15) is 5.82 Å². The van der Waals surface area contributed by atoms with E-state index in [1.807, 2.05) is 42.1 Å². The molecule has 0 aliphatic heterocycles. The monoisotopic (exact) mass is 446 g/mol. The standard InChI is InChI=1S/C17H17BrClFN2S2/c18-15-7-6-14(10-16(15)19)22-17(23)21-8-1-9-24-11-12-2-4-13(20)5-3-12/h2-7,10H,1,8-9,11H2,(H2,21,22,23). The summed E-state index contributed by atoms with van der Waals surface area (Å²) < 4.78 is 13.7. The highest BCUT2D eigenvalue weighted by molar-refractivity contribution is 9.10. The van der Waals surface area contributed by atoms with Crippen LogP contribution in [0, 0.1) is 5.82 Å². The highest BCUT2D eigenvalue weighted by Gasteiger charge is 2.01. The van der Waals surface area contributed by atoms with Crippen molar-refractivity contribution in [2.45, 2.75) is 12.2 Å². The van der Waals surface area contributed by atoms with Crippen LogP contribution in [-0.4, -0.2) is 17.4 Å². The van der Waals surface area contributed by atoms with E-state index in [1.54, 1.807) is 0 Å². The van der Waals surface area contributed by atoms with Gasteiger partial charge in [-0.15, -0.1) is 0 Å². The molecule has 0 aliphatic carbocycles. The molecule has 0 radical (unpaired) electrons. The third kappa shape index (κ3) is 6.97. The smallest absolute Gasteiger partial charge is 0.170 e. The Hall–Kier alpha value is -0.820. The molecular formula is C17H17BrClFN2S2. The number of thiocarbonyl (C=S) groups is 1. The van der Waals surface area contributed by atoms with Crippen LogP contribution in [0.5, 0.6) is 0 Å². The van der Waals surface area contributed by atoms with Crippen LogP contribution in [0.3, 0.4) is 0 Å². The zero-order valence-electron chi connectivity index (χ0n) is 12.8. The van der Waals surface area contributed by atoms with Crippen LogP contribution in [-0.2, 0) is 5.75 Å². The number of anilines is 1. The average molecular weight is 448 g/mol. The third-order valence-electron chi connectivity index (χ3n) is 3.11. The molecule has 0 saturated carbocycles. The van der Waals surface area contributed by atoms with Gasteiger partial charge < -0.3 is 10.6 Å². The summed E-state index contributed by atoms with van der Waals surface area (Å²) in [7, 11) is 0. The maximum atomic E-state index is 12.8. The minimum atomic E-state index is -0.193. The van der Waals surface area contributed by atoms with Crippen molar-refractivity contribution in [3.05, 3.63) is 63.3 Å². The molecule has 2 nitrogen and oxygen atoms in total. The molecule has 0 fully saturated rings. The molecule has 0 saturated heterocycles. The van der Waals surface area contributed by atoms with Crippen LogP contribution in [0.2, 0.25) is 5.02 Å². The molecule has 0 bridgehead atoms. The molecule has 0 unspecified atom stereocenters. The summed E-state index contributed by atoms with van der Waals surface area (Å²) in [6.45, 7) is 0.798. The van der Waals surface area contributed by atoms with E-state index < -0.39 is 0 Å². The summed E-state index contributed by atoms with van der Waals surface area (Å²) in [6.07, 6.45) is 0.995. The molecule has 2 aromatic carbocycles. The Bertz CT molecular complexity index is 683. The topological polar surface area (TPSA) is 24.1 Å². The first-order valence-electron chi connectivity index (χ1n) is 7.36. The lowest BCUT2D eigenvalue weighted by Gasteiger charge is -2.11. The van der Waals surface area contributed by atoms with Crippen LogP contribution >= 0.6 is 51.5 Å². The maximum Gasteiger partial charge on any atom is 0.170 e. The lowest BCUT2D eigenvalue weighted by atomic mass is 10.2. The second kappa shape index (κ2) is 10.2. The fourth-order valence-electron chi connectivity index (χ4n) is 1.90. The summed E-state index contributed by atoms with van der Waals surface area (Å²) in [5.74, 6) is 1.71. The van der Waals surface area contributed by atoms with E-state index in [4.69, 9.17) is 23.8 Å². The molecule has 24 heavy (non-hydrogen) atoms. The van der Waals surface area contributed by atoms with E-state index in [9.17, 15) is 4.39 Å². The van der Waals surface area contributed by atoms with Crippen molar-refractivity contribution in [1.82, 2.24) is 5.32 Å². The first-order chi connectivity index (χ1) is 11.5. The zero-order valence-corrected chi connectivity index (χ0v) is 16.8. The Balaban J connectivity index is 1.59. The predicted molar refractivity (Wildman–Crippen MR) is 111 cm³/mol. The maximum absolute atomic E-state index is 12.8. The molecule has 0 amide bonds. The van der Waals surface area contributed by atoms with E-state index in [1.165, 1.54) is 12.1 Å². The molecule has 0 aliphatic rings. The average Bonchev–Trinajstić information content (AvgIpc) is 2.56. The molecule has 2 rings (SSSR count). The molecule has 2 aromatic rings. The van der Waals surface area contributed by atoms with Crippen LogP contribution < -0.4 is 10.6 Å². The number of hydrogen-bond donors (Lipinski definition) is 2. The lowest BCUT2D eigenvalue weighted by molar-refractivity contribution is 0.627. The predicted octanol–water partition coefficient (Wildman–Crippen LogP) is 5.85. The molecule has 128 valence electrons. The van der Waals surface area contributed by atoms with Gasteiger partial charge in [-0.3, -0.25) is 0 Å². The minimum absolute atomic E-state index is 0.193. The molecule has 7 heteroatoms. The van der Waals surface area contributed by atoms with Gasteiger partial charge in [-0.25, -0.2) is 4.39 Å². The number of halogens is 3. The van der Waals surface area contributed by atoms with Crippen LogP contribution in [0.15, 0.2) is 46.9 Å². The largest absolute Gasteiger partial charge is 0.362 e. The molecule has 0 aromatic heterocycles. The van der Waals surface area contributed by atoms with Gasteiger partial charge in [0, 0.05) is 22.5 Å². The number of thioether (sulfide) groups is 1. The van der Waals surface area contributed by atoms with Crippen LogP contribution in [0.4, 0.5) is 10.1 Å². The normalized spacial score (nSPS) is 10.5. The Kier molecular flexibility index (Phi) is 8.32. The van der Waals surface area contributed by atoms with Crippen molar-refractivity contribution >= 4 is 62.3 Å². The summed E-state index contributed by atoms with van der Waals surface area (Å²) in [5, 5.41) is 7.50. The minimum Gasteiger partial charge on any atom is -0.362 e. The Morgan fingerprint density at radius 2 is 1.96 bits per heavy atom. The highest BCUT2D eigenvalue weighted by atomic mass is 79.9. The number of rotatable bonds is 7. The summed E-state index contributed by atoms with van der Waals surface area (Å²) in [6, 6.07) is 12.2. The van der Waals surface area contributed by atoms with Gasteiger partial charge in [-0.1, -0.05) is 23.7 Å². The van der Waals surface area contributed by atoms with Crippen molar-refractivity contribution in [3.8, 4) is 0 Å². The van der Waals surface area contributed by atoms with E-state index in [0.29, 0.717) is 10.1 Å². The fraction of sp³-hybridized carbons (Fsp3) is 0.235. The Labute approximate surface area is 164 Å². The summed E-state index contributed by atoms with van der Waals surface area (Å²) >= 11 is 16.5. The van der Waals surface area contributed by atoms with Gasteiger partial charge in [0.2, 0.25) is 0 Å². The lowest BCUT2D eigenvalue weighted by Crippen LogP contribution is -2.29.